The third-order valence-corrected chi connectivity index (χ3v) is 2.71. The lowest BCUT2D eigenvalue weighted by atomic mass is 10.1. The molecule has 0 bridgehead atoms. The van der Waals surface area contributed by atoms with Gasteiger partial charge in [-0.2, -0.15) is 0 Å². The lowest BCUT2D eigenvalue weighted by molar-refractivity contribution is 0.0696. The van der Waals surface area contributed by atoms with Gasteiger partial charge in [0, 0.05) is 5.69 Å². The molecule has 0 saturated carbocycles. The number of para-hydroxylation sites is 1. The Morgan fingerprint density at radius 3 is 2.65 bits per heavy atom. The maximum atomic E-state index is 13.8. The molecule has 0 aliphatic rings. The monoisotopic (exact) mass is 234 g/mol. The number of nitrogens with zero attached hydrogens (tertiary/aromatic N) is 2. The van der Waals surface area contributed by atoms with Crippen molar-refractivity contribution in [1.29, 1.82) is 0 Å². The van der Waals surface area contributed by atoms with Crippen molar-refractivity contribution in [3.8, 4) is 5.69 Å². The number of aromatic nitrogens is 2. The molecule has 0 atom stereocenters. The van der Waals surface area contributed by atoms with Gasteiger partial charge >= 0.3 is 5.97 Å². The van der Waals surface area contributed by atoms with Gasteiger partial charge in [-0.3, -0.25) is 4.57 Å². The van der Waals surface area contributed by atoms with E-state index < -0.39 is 11.8 Å². The molecule has 1 aromatic heterocycles. The molecule has 0 unspecified atom stereocenters. The molecule has 88 valence electrons. The van der Waals surface area contributed by atoms with E-state index in [9.17, 15) is 9.18 Å². The topological polar surface area (TPSA) is 55.1 Å². The zero-order valence-corrected chi connectivity index (χ0v) is 9.44. The molecule has 0 saturated heterocycles. The van der Waals surface area contributed by atoms with Crippen LogP contribution in [0.15, 0.2) is 24.5 Å². The van der Waals surface area contributed by atoms with Crippen molar-refractivity contribution >= 4 is 5.97 Å². The van der Waals surface area contributed by atoms with Crippen LogP contribution in [0.1, 0.15) is 21.7 Å². The van der Waals surface area contributed by atoms with Gasteiger partial charge in [0.2, 0.25) is 0 Å². The summed E-state index contributed by atoms with van der Waals surface area (Å²) in [5, 5.41) is 9.05. The molecule has 0 fully saturated rings. The average Bonchev–Trinajstić information content (AvgIpc) is 2.60. The number of carboxylic acid groups (broad SMARTS) is 1. The highest BCUT2D eigenvalue weighted by Crippen LogP contribution is 2.21. The van der Waals surface area contributed by atoms with Crippen molar-refractivity contribution in [2.75, 3.05) is 0 Å². The summed E-state index contributed by atoms with van der Waals surface area (Å²) in [7, 11) is 0. The number of carbonyl (C=O) groups is 1. The average molecular weight is 234 g/mol. The molecule has 5 heteroatoms. The van der Waals surface area contributed by atoms with Crippen LogP contribution < -0.4 is 0 Å². The molecule has 0 amide bonds. The highest BCUT2D eigenvalue weighted by atomic mass is 19.1. The third-order valence-electron chi connectivity index (χ3n) is 2.71. The number of aromatic carboxylic acids is 1. The van der Waals surface area contributed by atoms with Crippen molar-refractivity contribution in [1.82, 2.24) is 9.55 Å². The van der Waals surface area contributed by atoms with E-state index in [2.05, 4.69) is 4.98 Å². The molecular formula is C12H11FN2O2. The predicted octanol–water partition coefficient (Wildman–Crippen LogP) is 2.33. The van der Waals surface area contributed by atoms with Crippen LogP contribution in [0.5, 0.6) is 0 Å². The van der Waals surface area contributed by atoms with Gasteiger partial charge in [0.15, 0.2) is 0 Å². The molecule has 2 rings (SSSR count). The highest BCUT2D eigenvalue weighted by Gasteiger charge is 2.17. The van der Waals surface area contributed by atoms with E-state index in [0.29, 0.717) is 0 Å². The first-order valence-corrected chi connectivity index (χ1v) is 5.05. The van der Waals surface area contributed by atoms with Gasteiger partial charge in [-0.25, -0.2) is 14.2 Å². The Hall–Kier alpha value is -2.17. The summed E-state index contributed by atoms with van der Waals surface area (Å²) in [6.07, 6.45) is 1.43. The zero-order valence-electron chi connectivity index (χ0n) is 9.44. The lowest BCUT2D eigenvalue weighted by Crippen LogP contribution is -2.08. The molecule has 1 aromatic carbocycles. The Kier molecular flexibility index (Phi) is 2.67. The molecule has 4 nitrogen and oxygen atoms in total. The van der Waals surface area contributed by atoms with E-state index in [1.807, 2.05) is 0 Å². The minimum Gasteiger partial charge on any atom is -0.478 e. The SMILES string of the molecule is Cc1ncn(-c2c(F)cccc2C(=O)O)c1C. The largest absolute Gasteiger partial charge is 0.478 e. The van der Waals surface area contributed by atoms with Gasteiger partial charge in [0.25, 0.3) is 0 Å². The third kappa shape index (κ3) is 1.80. The first kappa shape index (κ1) is 11.3. The number of halogens is 1. The standard InChI is InChI=1S/C12H11FN2O2/c1-7-8(2)15(6-14-7)11-9(12(16)17)4-3-5-10(11)13/h3-6H,1-2H3,(H,16,17). The number of aryl methyl sites for hydroxylation is 1. The van der Waals surface area contributed by atoms with E-state index in [0.717, 1.165) is 11.4 Å². The molecule has 0 spiro atoms. The Morgan fingerprint density at radius 1 is 1.41 bits per heavy atom. The van der Waals surface area contributed by atoms with Crippen molar-refractivity contribution in [2.24, 2.45) is 0 Å². The minimum absolute atomic E-state index is 0.0260. The van der Waals surface area contributed by atoms with Crippen LogP contribution in [0.3, 0.4) is 0 Å². The van der Waals surface area contributed by atoms with E-state index in [4.69, 9.17) is 5.11 Å². The van der Waals surface area contributed by atoms with Crippen LogP contribution in [0.4, 0.5) is 4.39 Å². The summed E-state index contributed by atoms with van der Waals surface area (Å²) in [5.41, 5.74) is 1.41. The fraction of sp³-hybridized carbons (Fsp3) is 0.167. The first-order chi connectivity index (χ1) is 8.02. The number of rotatable bonds is 2. The molecule has 2 aromatic rings. The lowest BCUT2D eigenvalue weighted by Gasteiger charge is -2.10. The van der Waals surface area contributed by atoms with Gasteiger partial charge in [0.05, 0.1) is 23.3 Å². The van der Waals surface area contributed by atoms with Gasteiger partial charge in [-0.1, -0.05) is 6.07 Å². The van der Waals surface area contributed by atoms with Gasteiger partial charge in [0.1, 0.15) is 5.82 Å². The van der Waals surface area contributed by atoms with Crippen molar-refractivity contribution < 1.29 is 14.3 Å². The van der Waals surface area contributed by atoms with Crippen LogP contribution in [0, 0.1) is 19.7 Å². The summed E-state index contributed by atoms with van der Waals surface area (Å²) >= 11 is 0. The molecular weight excluding hydrogens is 223 g/mol. The molecule has 17 heavy (non-hydrogen) atoms. The van der Waals surface area contributed by atoms with Crippen molar-refractivity contribution in [3.05, 3.63) is 47.3 Å². The van der Waals surface area contributed by atoms with Crippen LogP contribution in [0.25, 0.3) is 5.69 Å². The first-order valence-electron chi connectivity index (χ1n) is 5.05. The Labute approximate surface area is 97.3 Å². The summed E-state index contributed by atoms with van der Waals surface area (Å²) in [5.74, 6) is -1.74. The highest BCUT2D eigenvalue weighted by molar-refractivity contribution is 5.92. The van der Waals surface area contributed by atoms with Gasteiger partial charge in [-0.15, -0.1) is 0 Å². The predicted molar refractivity (Wildman–Crippen MR) is 60.0 cm³/mol. The van der Waals surface area contributed by atoms with Crippen molar-refractivity contribution in [2.45, 2.75) is 13.8 Å². The zero-order chi connectivity index (χ0) is 12.6. The van der Waals surface area contributed by atoms with Crippen molar-refractivity contribution in [3.63, 3.8) is 0 Å². The quantitative estimate of drug-likeness (QED) is 0.867. The van der Waals surface area contributed by atoms with E-state index in [1.54, 1.807) is 13.8 Å². The van der Waals surface area contributed by atoms with Crippen LogP contribution in [-0.2, 0) is 0 Å². The van der Waals surface area contributed by atoms with E-state index in [1.165, 1.54) is 29.1 Å². The number of carboxylic acids is 1. The molecule has 0 aliphatic heterocycles. The minimum atomic E-state index is -1.16. The number of benzene rings is 1. The summed E-state index contributed by atoms with van der Waals surface area (Å²) in [4.78, 5) is 15.1. The van der Waals surface area contributed by atoms with Crippen LogP contribution in [-0.4, -0.2) is 20.6 Å². The molecule has 1 heterocycles. The second-order valence-electron chi connectivity index (χ2n) is 3.73. The fourth-order valence-corrected chi connectivity index (χ4v) is 1.66. The Balaban J connectivity index is 2.74. The molecule has 1 N–H and O–H groups in total. The number of hydrogen-bond donors (Lipinski definition) is 1. The van der Waals surface area contributed by atoms with Gasteiger partial charge < -0.3 is 5.11 Å². The summed E-state index contributed by atoms with van der Waals surface area (Å²) in [6, 6.07) is 3.98. The molecule has 0 radical (unpaired) electrons. The Morgan fingerprint density at radius 2 is 2.12 bits per heavy atom. The Bertz CT molecular complexity index is 590. The fourth-order valence-electron chi connectivity index (χ4n) is 1.66. The van der Waals surface area contributed by atoms with Crippen LogP contribution >= 0.6 is 0 Å². The normalized spacial score (nSPS) is 10.5. The maximum absolute atomic E-state index is 13.8. The van der Waals surface area contributed by atoms with Gasteiger partial charge in [-0.05, 0) is 26.0 Å². The number of imidazole rings is 1. The van der Waals surface area contributed by atoms with Crippen LogP contribution in [0.2, 0.25) is 0 Å². The second-order valence-corrected chi connectivity index (χ2v) is 3.73. The number of hydrogen-bond acceptors (Lipinski definition) is 2. The van der Waals surface area contributed by atoms with E-state index in [-0.39, 0.29) is 11.3 Å². The summed E-state index contributed by atoms with van der Waals surface area (Å²) in [6.45, 7) is 3.55. The summed E-state index contributed by atoms with van der Waals surface area (Å²) < 4.78 is 15.2. The smallest absolute Gasteiger partial charge is 0.337 e. The maximum Gasteiger partial charge on any atom is 0.337 e. The second kappa shape index (κ2) is 4.01. The molecule has 0 aliphatic carbocycles. The van der Waals surface area contributed by atoms with E-state index >= 15 is 0 Å².